The number of nitriles is 1. The van der Waals surface area contributed by atoms with Gasteiger partial charge in [0, 0.05) is 23.7 Å². The maximum absolute atomic E-state index is 10.1. The second-order valence-electron chi connectivity index (χ2n) is 9.65. The van der Waals surface area contributed by atoms with Gasteiger partial charge < -0.3 is 28.4 Å². The fourth-order valence-corrected chi connectivity index (χ4v) is 5.36. The Kier molecular flexibility index (Phi) is 7.70. The summed E-state index contributed by atoms with van der Waals surface area (Å²) in [5.74, 6) is 3.89. The van der Waals surface area contributed by atoms with Crippen molar-refractivity contribution in [2.45, 2.75) is 51.3 Å². The Labute approximate surface area is 213 Å². The van der Waals surface area contributed by atoms with Crippen molar-refractivity contribution in [3.05, 3.63) is 35.4 Å². The molecule has 8 heteroatoms. The van der Waals surface area contributed by atoms with E-state index in [4.69, 9.17) is 28.4 Å². The van der Waals surface area contributed by atoms with E-state index in [2.05, 4.69) is 18.0 Å². The highest BCUT2D eigenvalue weighted by atomic mass is 16.6. The largest absolute Gasteiger partial charge is 0.492 e. The first-order valence-corrected chi connectivity index (χ1v) is 12.3. The van der Waals surface area contributed by atoms with Crippen LogP contribution in [0.2, 0.25) is 0 Å². The molecule has 194 valence electrons. The maximum Gasteiger partial charge on any atom is 0.207 e. The molecule has 8 nitrogen and oxygen atoms in total. The van der Waals surface area contributed by atoms with Crippen LogP contribution < -0.4 is 28.4 Å². The van der Waals surface area contributed by atoms with E-state index >= 15 is 0 Å². The fraction of sp³-hybridized carbons (Fsp3) is 0.536. The molecule has 3 unspecified atom stereocenters. The van der Waals surface area contributed by atoms with Crippen molar-refractivity contribution < 1.29 is 28.4 Å². The van der Waals surface area contributed by atoms with E-state index in [0.717, 1.165) is 36.1 Å². The summed E-state index contributed by atoms with van der Waals surface area (Å²) in [6, 6.07) is 10.4. The summed E-state index contributed by atoms with van der Waals surface area (Å²) < 4.78 is 34.9. The first kappa shape index (κ1) is 25.8. The van der Waals surface area contributed by atoms with Crippen molar-refractivity contribution in [1.82, 2.24) is 4.90 Å². The number of benzene rings is 2. The van der Waals surface area contributed by atoms with Crippen molar-refractivity contribution in [2.24, 2.45) is 5.41 Å². The molecule has 2 aliphatic heterocycles. The second kappa shape index (κ2) is 10.8. The van der Waals surface area contributed by atoms with Crippen LogP contribution in [-0.2, 0) is 13.0 Å². The van der Waals surface area contributed by atoms with E-state index in [-0.39, 0.29) is 12.1 Å². The Bertz CT molecular complexity index is 1130. The van der Waals surface area contributed by atoms with Crippen LogP contribution in [0.3, 0.4) is 0 Å². The van der Waals surface area contributed by atoms with Gasteiger partial charge in [-0.05, 0) is 45.4 Å². The molecular weight excluding hydrogens is 460 g/mol. The Morgan fingerprint density at radius 1 is 0.972 bits per heavy atom. The number of rotatable bonds is 9. The van der Waals surface area contributed by atoms with Crippen molar-refractivity contribution >= 4 is 0 Å². The first-order valence-electron chi connectivity index (χ1n) is 12.3. The van der Waals surface area contributed by atoms with Crippen LogP contribution in [0.15, 0.2) is 24.3 Å². The molecule has 0 amide bonds. The van der Waals surface area contributed by atoms with E-state index in [1.165, 1.54) is 0 Å². The highest BCUT2D eigenvalue weighted by Gasteiger charge is 2.40. The molecule has 2 aromatic carbocycles. The zero-order chi connectivity index (χ0) is 25.9. The number of hydrogen-bond acceptors (Lipinski definition) is 8. The number of hydrogen-bond donors (Lipinski definition) is 0. The van der Waals surface area contributed by atoms with E-state index in [9.17, 15) is 5.26 Å². The highest BCUT2D eigenvalue weighted by Crippen LogP contribution is 2.52. The molecule has 2 aliphatic rings. The maximum atomic E-state index is 10.1. The highest BCUT2D eigenvalue weighted by molar-refractivity contribution is 5.67. The molecule has 36 heavy (non-hydrogen) atoms. The molecular formula is C28H36N2O6. The lowest BCUT2D eigenvalue weighted by molar-refractivity contribution is 0.0191. The number of methoxy groups -OCH3 is 4. The summed E-state index contributed by atoms with van der Waals surface area (Å²) in [4.78, 5) is 2.33. The minimum atomic E-state index is -0.657. The molecule has 0 saturated heterocycles. The summed E-state index contributed by atoms with van der Waals surface area (Å²) in [5.41, 5.74) is 1.48. The Hall–Kier alpha value is -3.31. The van der Waals surface area contributed by atoms with E-state index in [1.807, 2.05) is 31.2 Å². The molecule has 0 spiro atoms. The quantitative estimate of drug-likeness (QED) is 0.498. The minimum absolute atomic E-state index is 0.279. The summed E-state index contributed by atoms with van der Waals surface area (Å²) in [6.07, 6.45) is 2.98. The van der Waals surface area contributed by atoms with Gasteiger partial charge in [-0.2, -0.15) is 5.26 Å². The van der Waals surface area contributed by atoms with Crippen LogP contribution >= 0.6 is 0 Å². The van der Waals surface area contributed by atoms with Crippen LogP contribution in [0.4, 0.5) is 0 Å². The number of ether oxygens (including phenoxy) is 6. The van der Waals surface area contributed by atoms with Crippen molar-refractivity contribution in [3.8, 4) is 40.6 Å². The van der Waals surface area contributed by atoms with Crippen molar-refractivity contribution in [2.75, 3.05) is 42.1 Å². The van der Waals surface area contributed by atoms with Crippen LogP contribution in [0.1, 0.15) is 37.3 Å². The molecule has 0 aliphatic carbocycles. The monoisotopic (exact) mass is 496 g/mol. The summed E-state index contributed by atoms with van der Waals surface area (Å²) in [6.45, 7) is 3.04. The Morgan fingerprint density at radius 2 is 1.58 bits per heavy atom. The van der Waals surface area contributed by atoms with E-state index < -0.39 is 5.41 Å². The minimum Gasteiger partial charge on any atom is -0.492 e. The summed E-state index contributed by atoms with van der Waals surface area (Å²) >= 11 is 0. The zero-order valence-corrected chi connectivity index (χ0v) is 22.1. The van der Waals surface area contributed by atoms with Gasteiger partial charge in [-0.15, -0.1) is 0 Å². The summed E-state index contributed by atoms with van der Waals surface area (Å²) in [5, 5.41) is 10.1. The average molecular weight is 497 g/mol. The topological polar surface area (TPSA) is 82.4 Å². The molecule has 0 fully saturated rings. The number of fused-ring (bicyclic) bond motifs is 2. The lowest BCUT2D eigenvalue weighted by Gasteiger charge is -2.38. The van der Waals surface area contributed by atoms with Gasteiger partial charge in [-0.1, -0.05) is 18.6 Å². The average Bonchev–Trinajstić information content (AvgIpc) is 2.91. The molecule has 2 aromatic rings. The standard InChI is InChI=1S/C28H36N2O6/c1-28(17-29,23-16-35-21-11-7-8-12-22(21)36-23)13-9-10-18-14-19-20(15-30(18)2)25(32-4)27(34-6)26(33-5)24(19)31-3/h7-8,11-12,18,23H,9-10,13-16H2,1-6H3. The molecule has 4 rings (SSSR count). The van der Waals surface area contributed by atoms with Crippen LogP contribution in [-0.4, -0.2) is 59.1 Å². The van der Waals surface area contributed by atoms with Crippen molar-refractivity contribution in [1.29, 1.82) is 5.26 Å². The lowest BCUT2D eigenvalue weighted by Crippen LogP contribution is -2.43. The predicted molar refractivity (Wildman–Crippen MR) is 136 cm³/mol. The smallest absolute Gasteiger partial charge is 0.207 e. The van der Waals surface area contributed by atoms with Gasteiger partial charge in [0.2, 0.25) is 11.5 Å². The van der Waals surface area contributed by atoms with E-state index in [0.29, 0.717) is 48.3 Å². The first-order chi connectivity index (χ1) is 17.4. The van der Waals surface area contributed by atoms with Crippen molar-refractivity contribution in [3.63, 3.8) is 0 Å². The second-order valence-corrected chi connectivity index (χ2v) is 9.65. The van der Waals surface area contributed by atoms with Gasteiger partial charge in [-0.25, -0.2) is 0 Å². The van der Waals surface area contributed by atoms with Gasteiger partial charge >= 0.3 is 0 Å². The third kappa shape index (κ3) is 4.60. The molecule has 0 aromatic heterocycles. The van der Waals surface area contributed by atoms with Gasteiger partial charge in [0.1, 0.15) is 6.61 Å². The fourth-order valence-electron chi connectivity index (χ4n) is 5.36. The van der Waals surface area contributed by atoms with E-state index in [1.54, 1.807) is 28.4 Å². The van der Waals surface area contributed by atoms with Gasteiger partial charge in [-0.3, -0.25) is 4.90 Å². The van der Waals surface area contributed by atoms with Crippen LogP contribution in [0.5, 0.6) is 34.5 Å². The molecule has 0 bridgehead atoms. The molecule has 0 radical (unpaired) electrons. The molecule has 2 heterocycles. The molecule has 3 atom stereocenters. The molecule has 0 N–H and O–H groups in total. The number of likely N-dealkylation sites (N-methyl/N-ethyl adjacent to an activating group) is 1. The third-order valence-electron chi connectivity index (χ3n) is 7.53. The SMILES string of the molecule is COc1c2c(c(OC)c(OC)c1OC)CN(C)C(CCCC(C)(C#N)C1COc3ccccc3O1)C2. The number of para-hydroxylation sites is 2. The summed E-state index contributed by atoms with van der Waals surface area (Å²) in [7, 11) is 8.63. The van der Waals surface area contributed by atoms with Gasteiger partial charge in [0.25, 0.3) is 0 Å². The van der Waals surface area contributed by atoms with Gasteiger partial charge in [0.15, 0.2) is 29.1 Å². The zero-order valence-electron chi connectivity index (χ0n) is 22.1. The van der Waals surface area contributed by atoms with Gasteiger partial charge in [0.05, 0.1) is 39.9 Å². The Morgan fingerprint density at radius 3 is 2.19 bits per heavy atom. The number of nitrogens with zero attached hydrogens (tertiary/aromatic N) is 2. The lowest BCUT2D eigenvalue weighted by atomic mass is 9.79. The van der Waals surface area contributed by atoms with Crippen LogP contribution in [0, 0.1) is 16.7 Å². The van der Waals surface area contributed by atoms with Crippen LogP contribution in [0.25, 0.3) is 0 Å². The predicted octanol–water partition coefficient (Wildman–Crippen LogP) is 4.62. The Balaban J connectivity index is 1.49. The third-order valence-corrected chi connectivity index (χ3v) is 7.53. The molecule has 0 saturated carbocycles. The normalized spacial score (nSPS) is 20.5.